The number of halogens is 7. The van der Waals surface area contributed by atoms with Crippen molar-refractivity contribution in [1.29, 1.82) is 0 Å². The van der Waals surface area contributed by atoms with Gasteiger partial charge in [0.1, 0.15) is 11.6 Å². The Morgan fingerprint density at radius 2 is 1.76 bits per heavy atom. The highest BCUT2D eigenvalue weighted by atomic mass is 19.4. The molecule has 4 rings (SSSR count). The Morgan fingerprint density at radius 3 is 2.35 bits per heavy atom. The normalized spacial score (nSPS) is 18.7. The number of anilines is 3. The molecule has 0 radical (unpaired) electrons. The quantitative estimate of drug-likeness (QED) is 0.635. The second kappa shape index (κ2) is 8.87. The largest absolute Gasteiger partial charge is 0.416 e. The van der Waals surface area contributed by atoms with E-state index < -0.39 is 43.1 Å². The highest BCUT2D eigenvalue weighted by Crippen LogP contribution is 2.35. The van der Waals surface area contributed by atoms with E-state index in [2.05, 4.69) is 20.3 Å². The zero-order valence-corrected chi connectivity index (χ0v) is 17.5. The van der Waals surface area contributed by atoms with Gasteiger partial charge in [-0.05, 0) is 25.0 Å². The third-order valence-electron chi connectivity index (χ3n) is 5.62. The maximum atomic E-state index is 13.4. The van der Waals surface area contributed by atoms with Crippen molar-refractivity contribution in [2.24, 2.45) is 0 Å². The minimum atomic E-state index is -4.59. The van der Waals surface area contributed by atoms with Crippen molar-refractivity contribution in [1.82, 2.24) is 19.9 Å². The van der Waals surface area contributed by atoms with E-state index in [-0.39, 0.29) is 36.6 Å². The van der Waals surface area contributed by atoms with Gasteiger partial charge < -0.3 is 15.1 Å². The fourth-order valence-corrected chi connectivity index (χ4v) is 3.86. The zero-order chi connectivity index (χ0) is 24.7. The minimum Gasteiger partial charge on any atom is -0.338 e. The van der Waals surface area contributed by atoms with Crippen LogP contribution in [-0.2, 0) is 11.0 Å². The average Bonchev–Trinajstić information content (AvgIpc) is 2.76. The number of nitrogens with zero attached hydrogens (tertiary/aromatic N) is 5. The Labute approximate surface area is 189 Å². The fourth-order valence-electron chi connectivity index (χ4n) is 3.86. The number of carbonyl (C=O) groups is 1. The minimum absolute atomic E-state index is 0.0380. The molecule has 2 saturated heterocycles. The van der Waals surface area contributed by atoms with Crippen LogP contribution in [0.4, 0.5) is 48.3 Å². The molecule has 0 spiro atoms. The molecule has 1 amide bonds. The van der Waals surface area contributed by atoms with Gasteiger partial charge in [0.2, 0.25) is 5.95 Å². The molecule has 2 aromatic heterocycles. The maximum absolute atomic E-state index is 13.4. The number of carbonyl (C=O) groups excluding carboxylic acids is 1. The second-order valence-corrected chi connectivity index (χ2v) is 8.14. The van der Waals surface area contributed by atoms with Gasteiger partial charge in [-0.1, -0.05) is 0 Å². The van der Waals surface area contributed by atoms with Gasteiger partial charge >= 0.3 is 12.6 Å². The van der Waals surface area contributed by atoms with Crippen LogP contribution in [0.2, 0.25) is 0 Å². The van der Waals surface area contributed by atoms with Crippen LogP contribution in [0, 0.1) is 0 Å². The SMILES string of the molecule is O=C(C(F)F)N1CCC(c2cc(Nc3cc(C(F)(F)F)ccn3)nc(N3CC(F)(F)C3)n2)CC1. The van der Waals surface area contributed by atoms with Crippen molar-refractivity contribution in [3.05, 3.63) is 35.7 Å². The van der Waals surface area contributed by atoms with Gasteiger partial charge in [-0.25, -0.2) is 18.7 Å². The summed E-state index contributed by atoms with van der Waals surface area (Å²) in [6.45, 7) is -1.10. The molecule has 0 aliphatic carbocycles. The zero-order valence-electron chi connectivity index (χ0n) is 17.5. The summed E-state index contributed by atoms with van der Waals surface area (Å²) < 4.78 is 91.2. The molecule has 2 aliphatic rings. The molecule has 1 N–H and O–H groups in total. The standard InChI is InChI=1S/C20H19F7N6O/c21-16(22)17(34)32-5-2-11(3-6-32)13-8-15(31-18(29-13)33-9-19(23,24)10-33)30-14-7-12(1-4-28-14)20(25,26)27/h1,4,7-8,11,16H,2-3,5-6,9-10H2,(H,28,29,30,31). The van der Waals surface area contributed by atoms with E-state index in [1.807, 2.05) is 0 Å². The van der Waals surface area contributed by atoms with Crippen LogP contribution in [0.5, 0.6) is 0 Å². The molecule has 0 aromatic carbocycles. The first-order valence-electron chi connectivity index (χ1n) is 10.3. The molecule has 0 unspecified atom stereocenters. The fraction of sp³-hybridized carbons (Fsp3) is 0.500. The summed E-state index contributed by atoms with van der Waals surface area (Å²) in [4.78, 5) is 26.1. The van der Waals surface area contributed by atoms with E-state index in [0.29, 0.717) is 18.5 Å². The van der Waals surface area contributed by atoms with Crippen LogP contribution in [0.1, 0.15) is 30.0 Å². The number of alkyl halides is 7. The summed E-state index contributed by atoms with van der Waals surface area (Å²) >= 11 is 0. The van der Waals surface area contributed by atoms with Crippen molar-refractivity contribution in [2.75, 3.05) is 36.4 Å². The molecule has 14 heteroatoms. The first-order valence-corrected chi connectivity index (χ1v) is 10.3. The molecule has 2 fully saturated rings. The molecule has 34 heavy (non-hydrogen) atoms. The van der Waals surface area contributed by atoms with Crippen LogP contribution in [0.3, 0.4) is 0 Å². The number of likely N-dealkylation sites (tertiary alicyclic amines) is 1. The van der Waals surface area contributed by atoms with Gasteiger partial charge in [0.15, 0.2) is 0 Å². The van der Waals surface area contributed by atoms with E-state index in [1.165, 1.54) is 11.0 Å². The van der Waals surface area contributed by atoms with Gasteiger partial charge in [-0.3, -0.25) is 4.79 Å². The van der Waals surface area contributed by atoms with Crippen LogP contribution < -0.4 is 10.2 Å². The number of hydrogen-bond acceptors (Lipinski definition) is 6. The van der Waals surface area contributed by atoms with Gasteiger partial charge in [0.25, 0.3) is 11.8 Å². The van der Waals surface area contributed by atoms with Crippen molar-refractivity contribution in [2.45, 2.75) is 37.3 Å². The highest BCUT2D eigenvalue weighted by molar-refractivity contribution is 5.79. The van der Waals surface area contributed by atoms with E-state index in [9.17, 15) is 35.5 Å². The number of aromatic nitrogens is 3. The smallest absolute Gasteiger partial charge is 0.338 e. The summed E-state index contributed by atoms with van der Waals surface area (Å²) in [6, 6.07) is 3.05. The molecule has 0 bridgehead atoms. The summed E-state index contributed by atoms with van der Waals surface area (Å²) in [5.74, 6) is -4.60. The van der Waals surface area contributed by atoms with Crippen LogP contribution in [0.25, 0.3) is 0 Å². The number of rotatable bonds is 5. The lowest BCUT2D eigenvalue weighted by Crippen LogP contribution is -2.57. The highest BCUT2D eigenvalue weighted by Gasteiger charge is 2.45. The first kappa shape index (κ1) is 24.0. The first-order chi connectivity index (χ1) is 15.9. The Morgan fingerprint density at radius 1 is 1.09 bits per heavy atom. The third kappa shape index (κ3) is 5.30. The van der Waals surface area contributed by atoms with Crippen LogP contribution in [0.15, 0.2) is 24.4 Å². The van der Waals surface area contributed by atoms with Crippen molar-refractivity contribution in [3.63, 3.8) is 0 Å². The molecule has 2 aromatic rings. The molecule has 0 saturated carbocycles. The van der Waals surface area contributed by atoms with Gasteiger partial charge in [-0.15, -0.1) is 0 Å². The molecule has 2 aliphatic heterocycles. The Kier molecular flexibility index (Phi) is 6.25. The summed E-state index contributed by atoms with van der Waals surface area (Å²) in [7, 11) is 0. The third-order valence-corrected chi connectivity index (χ3v) is 5.62. The van der Waals surface area contributed by atoms with Crippen LogP contribution in [-0.4, -0.2) is 64.3 Å². The van der Waals surface area contributed by atoms with E-state index >= 15 is 0 Å². The number of piperidine rings is 1. The number of pyridine rings is 1. The van der Waals surface area contributed by atoms with E-state index in [0.717, 1.165) is 23.2 Å². The van der Waals surface area contributed by atoms with Crippen LogP contribution >= 0.6 is 0 Å². The van der Waals surface area contributed by atoms with Gasteiger partial charge in [0.05, 0.1) is 24.3 Å². The van der Waals surface area contributed by atoms with Gasteiger partial charge in [0, 0.05) is 31.3 Å². The van der Waals surface area contributed by atoms with E-state index in [4.69, 9.17) is 0 Å². The number of amides is 1. The molecule has 4 heterocycles. The van der Waals surface area contributed by atoms with E-state index in [1.54, 1.807) is 0 Å². The summed E-state index contributed by atoms with van der Waals surface area (Å²) in [5.41, 5.74) is -0.531. The Bertz CT molecular complexity index is 1050. The summed E-state index contributed by atoms with van der Waals surface area (Å²) in [6.07, 6.45) is -6.13. The topological polar surface area (TPSA) is 74.2 Å². The molecule has 184 valence electrons. The lowest BCUT2D eigenvalue weighted by Gasteiger charge is -2.39. The molecular formula is C20H19F7N6O. The lowest BCUT2D eigenvalue weighted by atomic mass is 9.93. The second-order valence-electron chi connectivity index (χ2n) is 8.14. The van der Waals surface area contributed by atoms with Crippen molar-refractivity contribution < 1.29 is 35.5 Å². The maximum Gasteiger partial charge on any atom is 0.416 e. The van der Waals surface area contributed by atoms with Gasteiger partial charge in [-0.2, -0.15) is 26.9 Å². The predicted octanol–water partition coefficient (Wildman–Crippen LogP) is 4.06. The molecule has 7 nitrogen and oxygen atoms in total. The molecule has 0 atom stereocenters. The van der Waals surface area contributed by atoms with Crippen molar-refractivity contribution >= 4 is 23.5 Å². The molecular weight excluding hydrogens is 473 g/mol. The van der Waals surface area contributed by atoms with Crippen molar-refractivity contribution in [3.8, 4) is 0 Å². The Hall–Kier alpha value is -3.19. The summed E-state index contributed by atoms with van der Waals surface area (Å²) in [5, 5.41) is 2.66. The predicted molar refractivity (Wildman–Crippen MR) is 106 cm³/mol. The Balaban J connectivity index is 1.58. The monoisotopic (exact) mass is 492 g/mol. The number of nitrogens with one attached hydrogen (secondary N) is 1. The lowest BCUT2D eigenvalue weighted by molar-refractivity contribution is -0.144. The number of hydrogen-bond donors (Lipinski definition) is 1. The average molecular weight is 492 g/mol.